The zero-order chi connectivity index (χ0) is 17.3. The van der Waals surface area contributed by atoms with E-state index in [4.69, 9.17) is 0 Å². The molecule has 1 N–H and O–H groups in total. The van der Waals surface area contributed by atoms with Crippen molar-refractivity contribution in [3.63, 3.8) is 0 Å². The lowest BCUT2D eigenvalue weighted by molar-refractivity contribution is -0.119. The van der Waals surface area contributed by atoms with Crippen LogP contribution in [-0.2, 0) is 4.79 Å². The molecule has 4 rings (SSSR count). The van der Waals surface area contributed by atoms with Gasteiger partial charge in [-0.25, -0.2) is 0 Å². The predicted octanol–water partition coefficient (Wildman–Crippen LogP) is 3.39. The van der Waals surface area contributed by atoms with Crippen LogP contribution in [0.2, 0.25) is 0 Å². The maximum absolute atomic E-state index is 12.3. The topological polar surface area (TPSA) is 83.6 Å². The number of nitrogens with zero attached hydrogens (tertiary/aromatic N) is 4. The lowest BCUT2D eigenvalue weighted by Crippen LogP contribution is -2.45. The summed E-state index contributed by atoms with van der Waals surface area (Å²) >= 11 is 3.06. The Labute approximate surface area is 154 Å². The van der Waals surface area contributed by atoms with Crippen molar-refractivity contribution in [2.24, 2.45) is 0 Å². The molecule has 2 aromatic rings. The summed E-state index contributed by atoms with van der Waals surface area (Å²) in [5.74, 6) is 1.06. The summed E-state index contributed by atoms with van der Waals surface area (Å²) in [6.07, 6.45) is 5.77. The molecule has 0 saturated heterocycles. The molecule has 1 amide bonds. The van der Waals surface area contributed by atoms with E-state index in [9.17, 15) is 10.1 Å². The highest BCUT2D eigenvalue weighted by Crippen LogP contribution is 2.41. The van der Waals surface area contributed by atoms with Crippen LogP contribution in [0.15, 0.2) is 22.7 Å². The molecule has 25 heavy (non-hydrogen) atoms. The smallest absolute Gasteiger partial charge is 0.231 e. The van der Waals surface area contributed by atoms with Crippen molar-refractivity contribution in [3.8, 4) is 16.8 Å². The van der Waals surface area contributed by atoms with Crippen LogP contribution in [0.1, 0.15) is 44.6 Å². The molecule has 2 saturated carbocycles. The van der Waals surface area contributed by atoms with Crippen LogP contribution in [0, 0.1) is 11.3 Å². The minimum Gasteiger partial charge on any atom is -0.337 e. The number of rotatable bonds is 6. The number of aromatic nitrogens is 3. The van der Waals surface area contributed by atoms with Crippen LogP contribution in [0.25, 0.3) is 10.7 Å². The molecule has 6 nitrogen and oxygen atoms in total. The molecular formula is C17H19N5OS2. The monoisotopic (exact) mass is 373 g/mol. The first-order valence-electron chi connectivity index (χ1n) is 8.55. The third-order valence-corrected chi connectivity index (χ3v) is 6.51. The van der Waals surface area contributed by atoms with E-state index in [1.54, 1.807) is 11.3 Å². The van der Waals surface area contributed by atoms with Crippen molar-refractivity contribution >= 4 is 29.0 Å². The third-order valence-electron chi connectivity index (χ3n) is 4.70. The van der Waals surface area contributed by atoms with Gasteiger partial charge >= 0.3 is 0 Å². The van der Waals surface area contributed by atoms with Crippen molar-refractivity contribution in [2.75, 3.05) is 5.75 Å². The van der Waals surface area contributed by atoms with E-state index >= 15 is 0 Å². The number of carbonyl (C=O) groups is 1. The van der Waals surface area contributed by atoms with Crippen LogP contribution >= 0.6 is 23.1 Å². The van der Waals surface area contributed by atoms with Crippen LogP contribution in [0.4, 0.5) is 0 Å². The second-order valence-corrected chi connectivity index (χ2v) is 8.51. The fraction of sp³-hybridized carbons (Fsp3) is 0.529. The molecule has 0 aliphatic heterocycles. The van der Waals surface area contributed by atoms with E-state index in [2.05, 4.69) is 26.2 Å². The van der Waals surface area contributed by atoms with Gasteiger partial charge in [0.05, 0.1) is 16.7 Å². The Bertz CT molecular complexity index is 798. The molecule has 2 aliphatic rings. The minimum absolute atomic E-state index is 0.100. The first kappa shape index (κ1) is 16.6. The molecule has 2 heterocycles. The van der Waals surface area contributed by atoms with Gasteiger partial charge in [-0.1, -0.05) is 17.8 Å². The van der Waals surface area contributed by atoms with Gasteiger partial charge in [0.25, 0.3) is 0 Å². The average molecular weight is 374 g/mol. The number of hydrogen-bond acceptors (Lipinski definition) is 6. The minimum atomic E-state index is -0.663. The summed E-state index contributed by atoms with van der Waals surface area (Å²) in [6, 6.07) is 6.79. The summed E-state index contributed by atoms with van der Waals surface area (Å²) in [4.78, 5) is 13.4. The molecule has 130 valence electrons. The molecule has 2 aromatic heterocycles. The average Bonchev–Trinajstić information content (AvgIpc) is 3.06. The quantitative estimate of drug-likeness (QED) is 0.785. The largest absolute Gasteiger partial charge is 0.337 e. The van der Waals surface area contributed by atoms with Crippen LogP contribution in [0.5, 0.6) is 0 Å². The number of amides is 1. The summed E-state index contributed by atoms with van der Waals surface area (Å²) in [5, 5.41) is 23.8. The van der Waals surface area contributed by atoms with Gasteiger partial charge in [0, 0.05) is 6.04 Å². The summed E-state index contributed by atoms with van der Waals surface area (Å²) in [7, 11) is 0. The van der Waals surface area contributed by atoms with E-state index in [-0.39, 0.29) is 11.7 Å². The fourth-order valence-electron chi connectivity index (χ4n) is 3.29. The van der Waals surface area contributed by atoms with Gasteiger partial charge in [0.1, 0.15) is 5.54 Å². The Balaban J connectivity index is 1.45. The second-order valence-electron chi connectivity index (χ2n) is 6.62. The van der Waals surface area contributed by atoms with Crippen molar-refractivity contribution in [1.82, 2.24) is 20.1 Å². The van der Waals surface area contributed by atoms with E-state index in [1.807, 2.05) is 17.5 Å². The van der Waals surface area contributed by atoms with Crippen molar-refractivity contribution in [3.05, 3.63) is 17.5 Å². The molecule has 0 aromatic carbocycles. The zero-order valence-electron chi connectivity index (χ0n) is 13.8. The number of hydrogen-bond donors (Lipinski definition) is 1. The Kier molecular flexibility index (Phi) is 4.52. The maximum atomic E-state index is 12.3. The lowest BCUT2D eigenvalue weighted by atomic mass is 10.0. The van der Waals surface area contributed by atoms with E-state index in [1.165, 1.54) is 11.8 Å². The second kappa shape index (κ2) is 6.81. The molecule has 2 fully saturated rings. The third kappa shape index (κ3) is 3.44. The standard InChI is InChI=1S/C17H19N5OS2/c18-11-17(7-1-2-8-17)19-14(23)10-25-16-21-20-15(13-4-3-9-24-13)22(16)12-5-6-12/h3-4,9,12H,1-2,5-8,10H2,(H,19,23). The number of nitrogens with one attached hydrogen (secondary N) is 1. The normalized spacial score (nSPS) is 18.8. The van der Waals surface area contributed by atoms with Gasteiger partial charge in [0.15, 0.2) is 11.0 Å². The lowest BCUT2D eigenvalue weighted by Gasteiger charge is -2.21. The van der Waals surface area contributed by atoms with Crippen LogP contribution in [0.3, 0.4) is 0 Å². The van der Waals surface area contributed by atoms with Crippen LogP contribution < -0.4 is 5.32 Å². The maximum Gasteiger partial charge on any atom is 0.231 e. The highest BCUT2D eigenvalue weighted by atomic mass is 32.2. The summed E-state index contributed by atoms with van der Waals surface area (Å²) in [5.41, 5.74) is -0.663. The number of nitriles is 1. The SMILES string of the molecule is N#CC1(NC(=O)CSc2nnc(-c3cccs3)n2C2CC2)CCCC1. The van der Waals surface area contributed by atoms with Gasteiger partial charge in [-0.05, 0) is 50.0 Å². The highest BCUT2D eigenvalue weighted by Gasteiger charge is 2.35. The Hall–Kier alpha value is -1.85. The molecule has 0 unspecified atom stereocenters. The number of thioether (sulfide) groups is 1. The molecule has 0 bridgehead atoms. The Morgan fingerprint density at radius 1 is 1.44 bits per heavy atom. The molecular weight excluding hydrogens is 354 g/mol. The van der Waals surface area contributed by atoms with E-state index in [0.717, 1.165) is 54.4 Å². The first-order chi connectivity index (χ1) is 12.2. The number of carbonyl (C=O) groups excluding carboxylic acids is 1. The highest BCUT2D eigenvalue weighted by molar-refractivity contribution is 7.99. The van der Waals surface area contributed by atoms with Crippen LogP contribution in [-0.4, -0.2) is 32.0 Å². The first-order valence-corrected chi connectivity index (χ1v) is 10.4. The Morgan fingerprint density at radius 3 is 2.88 bits per heavy atom. The van der Waals surface area contributed by atoms with Crippen molar-refractivity contribution < 1.29 is 4.79 Å². The predicted molar refractivity (Wildman–Crippen MR) is 97.3 cm³/mol. The van der Waals surface area contributed by atoms with Gasteiger partial charge < -0.3 is 5.32 Å². The molecule has 8 heteroatoms. The van der Waals surface area contributed by atoms with Gasteiger partial charge in [-0.15, -0.1) is 21.5 Å². The number of thiophene rings is 1. The molecule has 0 spiro atoms. The van der Waals surface area contributed by atoms with E-state index < -0.39 is 5.54 Å². The van der Waals surface area contributed by atoms with Crippen molar-refractivity contribution in [2.45, 2.75) is 55.3 Å². The van der Waals surface area contributed by atoms with Gasteiger partial charge in [-0.3, -0.25) is 9.36 Å². The Morgan fingerprint density at radius 2 is 2.24 bits per heavy atom. The zero-order valence-corrected chi connectivity index (χ0v) is 15.4. The molecule has 2 aliphatic carbocycles. The van der Waals surface area contributed by atoms with Crippen molar-refractivity contribution in [1.29, 1.82) is 5.26 Å². The van der Waals surface area contributed by atoms with E-state index in [0.29, 0.717) is 6.04 Å². The fourth-order valence-corrected chi connectivity index (χ4v) is 4.80. The molecule has 0 radical (unpaired) electrons. The van der Waals surface area contributed by atoms with Gasteiger partial charge in [0.2, 0.25) is 5.91 Å². The summed E-state index contributed by atoms with van der Waals surface area (Å²) < 4.78 is 2.17. The van der Waals surface area contributed by atoms with Gasteiger partial charge in [-0.2, -0.15) is 5.26 Å². The molecule has 0 atom stereocenters. The summed E-state index contributed by atoms with van der Waals surface area (Å²) in [6.45, 7) is 0.